The molecule has 2 aromatic rings. The minimum atomic E-state index is -0.342. The lowest BCUT2D eigenvalue weighted by Gasteiger charge is -2.37. The van der Waals surface area contributed by atoms with Crippen molar-refractivity contribution in [2.24, 2.45) is 0 Å². The Morgan fingerprint density at radius 3 is 2.41 bits per heavy atom. The number of benzene rings is 1. The molecule has 7 nitrogen and oxygen atoms in total. The normalized spacial score (nSPS) is 18.8. The lowest BCUT2D eigenvalue weighted by molar-refractivity contribution is -0.145. The van der Waals surface area contributed by atoms with Gasteiger partial charge >= 0.3 is 5.97 Å². The fourth-order valence-corrected chi connectivity index (χ4v) is 5.76. The van der Waals surface area contributed by atoms with Crippen LogP contribution in [0.4, 0.5) is 0 Å². The zero-order valence-corrected chi connectivity index (χ0v) is 20.6. The lowest BCUT2D eigenvalue weighted by Crippen LogP contribution is -2.45. The van der Waals surface area contributed by atoms with Crippen molar-refractivity contribution in [1.82, 2.24) is 14.7 Å². The Balaban J connectivity index is 1.36. The third kappa shape index (κ3) is 5.85. The van der Waals surface area contributed by atoms with E-state index in [0.717, 1.165) is 19.4 Å². The van der Waals surface area contributed by atoms with Crippen LogP contribution in [0.15, 0.2) is 41.8 Å². The fourth-order valence-electron chi connectivity index (χ4n) is 4.85. The minimum Gasteiger partial charge on any atom is -0.466 e. The SMILES string of the molecule is CCOC(=O)CCC(=O)N1CCCN(C(=O)CN2CCc3sccc3[C@@H]2c2ccccc2)CC1. The molecule has 2 amide bonds. The molecule has 2 aliphatic heterocycles. The van der Waals surface area contributed by atoms with E-state index in [1.807, 2.05) is 11.0 Å². The number of amides is 2. The molecular formula is C26H33N3O4S. The van der Waals surface area contributed by atoms with E-state index in [9.17, 15) is 14.4 Å². The van der Waals surface area contributed by atoms with E-state index in [0.29, 0.717) is 39.3 Å². The summed E-state index contributed by atoms with van der Waals surface area (Å²) in [6.07, 6.45) is 1.97. The standard InChI is InChI=1S/C26H33N3O4S/c1-2-33-25(32)10-9-23(30)27-13-6-14-28(17-16-27)24(31)19-29-15-11-22-21(12-18-34-22)26(29)20-7-4-3-5-8-20/h3-5,7-8,12,18,26H,2,6,9-11,13-17,19H2,1H3/t26-/m0/s1. The van der Waals surface area contributed by atoms with Crippen LogP contribution in [0.1, 0.15) is 48.2 Å². The Morgan fingerprint density at radius 1 is 0.941 bits per heavy atom. The molecule has 3 heterocycles. The second-order valence-electron chi connectivity index (χ2n) is 8.75. The summed E-state index contributed by atoms with van der Waals surface area (Å²) in [7, 11) is 0. The molecule has 0 N–H and O–H groups in total. The molecule has 0 unspecified atom stereocenters. The van der Waals surface area contributed by atoms with E-state index >= 15 is 0 Å². The van der Waals surface area contributed by atoms with Crippen LogP contribution in [0, 0.1) is 0 Å². The molecular weight excluding hydrogens is 450 g/mol. The van der Waals surface area contributed by atoms with Crippen molar-refractivity contribution in [3.8, 4) is 0 Å². The second-order valence-corrected chi connectivity index (χ2v) is 9.75. The number of nitrogens with zero attached hydrogens (tertiary/aromatic N) is 3. The summed E-state index contributed by atoms with van der Waals surface area (Å²) in [5.41, 5.74) is 2.52. The number of carbonyl (C=O) groups excluding carboxylic acids is 3. The zero-order valence-electron chi connectivity index (χ0n) is 19.8. The zero-order chi connectivity index (χ0) is 23.9. The van der Waals surface area contributed by atoms with Crippen LogP contribution in [0.2, 0.25) is 0 Å². The summed E-state index contributed by atoms with van der Waals surface area (Å²) in [5, 5.41) is 2.15. The third-order valence-corrected chi connectivity index (χ3v) is 7.57. The van der Waals surface area contributed by atoms with Gasteiger partial charge in [0.2, 0.25) is 11.8 Å². The minimum absolute atomic E-state index is 0.0486. The van der Waals surface area contributed by atoms with Crippen molar-refractivity contribution in [1.29, 1.82) is 0 Å². The van der Waals surface area contributed by atoms with Crippen molar-refractivity contribution in [2.75, 3.05) is 45.9 Å². The van der Waals surface area contributed by atoms with Gasteiger partial charge in [-0.3, -0.25) is 19.3 Å². The number of ether oxygens (including phenoxy) is 1. The average Bonchev–Trinajstić information content (AvgIpc) is 3.18. The summed E-state index contributed by atoms with van der Waals surface area (Å²) in [4.78, 5) is 44.8. The van der Waals surface area contributed by atoms with Gasteiger partial charge < -0.3 is 14.5 Å². The van der Waals surface area contributed by atoms with Crippen LogP contribution in [0.25, 0.3) is 0 Å². The van der Waals surface area contributed by atoms with Gasteiger partial charge in [-0.2, -0.15) is 0 Å². The predicted molar refractivity (Wildman–Crippen MR) is 132 cm³/mol. The maximum Gasteiger partial charge on any atom is 0.306 e. The number of rotatable bonds is 7. The van der Waals surface area contributed by atoms with E-state index in [1.165, 1.54) is 16.0 Å². The Labute approximate surface area is 205 Å². The van der Waals surface area contributed by atoms with Gasteiger partial charge in [0.1, 0.15) is 0 Å². The molecule has 0 spiro atoms. The number of fused-ring (bicyclic) bond motifs is 1. The van der Waals surface area contributed by atoms with E-state index in [1.54, 1.807) is 23.2 Å². The first kappa shape index (κ1) is 24.4. The molecule has 1 fully saturated rings. The van der Waals surface area contributed by atoms with E-state index in [2.05, 4.69) is 40.6 Å². The monoisotopic (exact) mass is 483 g/mol. The summed E-state index contributed by atoms with van der Waals surface area (Å²) >= 11 is 1.80. The molecule has 1 aromatic heterocycles. The maximum atomic E-state index is 13.3. The van der Waals surface area contributed by atoms with Gasteiger partial charge in [-0.05, 0) is 42.3 Å². The molecule has 1 aromatic carbocycles. The van der Waals surface area contributed by atoms with E-state index in [-0.39, 0.29) is 36.7 Å². The molecule has 0 bridgehead atoms. The number of esters is 1. The smallest absolute Gasteiger partial charge is 0.306 e. The van der Waals surface area contributed by atoms with E-state index in [4.69, 9.17) is 4.74 Å². The average molecular weight is 484 g/mol. The van der Waals surface area contributed by atoms with Crippen molar-refractivity contribution in [3.05, 3.63) is 57.8 Å². The van der Waals surface area contributed by atoms with Gasteiger partial charge in [0.15, 0.2) is 0 Å². The molecule has 182 valence electrons. The summed E-state index contributed by atoms with van der Waals surface area (Å²) < 4.78 is 4.92. The molecule has 0 saturated carbocycles. The molecule has 0 aliphatic carbocycles. The highest BCUT2D eigenvalue weighted by Crippen LogP contribution is 2.37. The van der Waals surface area contributed by atoms with Crippen LogP contribution in [0.3, 0.4) is 0 Å². The topological polar surface area (TPSA) is 70.2 Å². The van der Waals surface area contributed by atoms with Gasteiger partial charge in [0.25, 0.3) is 0 Å². The van der Waals surface area contributed by atoms with E-state index < -0.39 is 0 Å². The molecule has 8 heteroatoms. The number of carbonyl (C=O) groups is 3. The largest absolute Gasteiger partial charge is 0.466 e. The van der Waals surface area contributed by atoms with Crippen molar-refractivity contribution >= 4 is 29.1 Å². The Bertz CT molecular complexity index is 993. The fraction of sp³-hybridized carbons (Fsp3) is 0.500. The quantitative estimate of drug-likeness (QED) is 0.566. The first-order valence-electron chi connectivity index (χ1n) is 12.1. The summed E-state index contributed by atoms with van der Waals surface area (Å²) in [6.45, 7) is 5.58. The Hall–Kier alpha value is -2.71. The van der Waals surface area contributed by atoms with Gasteiger partial charge in [-0.1, -0.05) is 30.3 Å². The van der Waals surface area contributed by atoms with Crippen LogP contribution >= 0.6 is 11.3 Å². The molecule has 1 saturated heterocycles. The highest BCUT2D eigenvalue weighted by molar-refractivity contribution is 7.10. The highest BCUT2D eigenvalue weighted by atomic mass is 32.1. The molecule has 1 atom stereocenters. The summed E-state index contributed by atoms with van der Waals surface area (Å²) in [6, 6.07) is 12.7. The van der Waals surface area contributed by atoms with Crippen LogP contribution in [0.5, 0.6) is 0 Å². The van der Waals surface area contributed by atoms with Gasteiger partial charge in [-0.25, -0.2) is 0 Å². The van der Waals surface area contributed by atoms with Crippen molar-refractivity contribution < 1.29 is 19.1 Å². The summed E-state index contributed by atoms with van der Waals surface area (Å²) in [5.74, 6) is -0.279. The lowest BCUT2D eigenvalue weighted by atomic mass is 9.93. The first-order valence-corrected chi connectivity index (χ1v) is 13.0. The highest BCUT2D eigenvalue weighted by Gasteiger charge is 2.32. The van der Waals surface area contributed by atoms with Crippen LogP contribution < -0.4 is 0 Å². The van der Waals surface area contributed by atoms with Gasteiger partial charge in [0, 0.05) is 44.0 Å². The molecule has 34 heavy (non-hydrogen) atoms. The third-order valence-electron chi connectivity index (χ3n) is 6.57. The maximum absolute atomic E-state index is 13.3. The molecule has 0 radical (unpaired) electrons. The number of thiophene rings is 1. The van der Waals surface area contributed by atoms with Crippen LogP contribution in [-0.4, -0.2) is 78.4 Å². The number of hydrogen-bond donors (Lipinski definition) is 0. The first-order chi connectivity index (χ1) is 16.6. The van der Waals surface area contributed by atoms with Gasteiger partial charge in [0.05, 0.1) is 25.6 Å². The van der Waals surface area contributed by atoms with Crippen LogP contribution in [-0.2, 0) is 25.5 Å². The molecule has 2 aliphatic rings. The van der Waals surface area contributed by atoms with Gasteiger partial charge in [-0.15, -0.1) is 11.3 Å². The van der Waals surface area contributed by atoms with Crippen molar-refractivity contribution in [3.63, 3.8) is 0 Å². The van der Waals surface area contributed by atoms with Crippen molar-refractivity contribution in [2.45, 2.75) is 38.6 Å². The Kier molecular flexibility index (Phi) is 8.34. The predicted octanol–water partition coefficient (Wildman–Crippen LogP) is 3.10. The second kappa shape index (κ2) is 11.6. The number of hydrogen-bond acceptors (Lipinski definition) is 6. The molecule has 4 rings (SSSR count). The Morgan fingerprint density at radius 2 is 1.68 bits per heavy atom.